The molecule has 8 nitrogen and oxygen atoms in total. The maximum Gasteiger partial charge on any atom is 0.292 e. The highest BCUT2D eigenvalue weighted by Crippen LogP contribution is 2.24. The Morgan fingerprint density at radius 2 is 1.83 bits per heavy atom. The van der Waals surface area contributed by atoms with Crippen LogP contribution in [0.2, 0.25) is 0 Å². The zero-order valence-electron chi connectivity index (χ0n) is 13.9. The molecule has 0 radical (unpaired) electrons. The molecule has 0 aromatic carbocycles. The molecule has 0 fully saturated rings. The minimum Gasteiger partial charge on any atom is -0.356 e. The lowest BCUT2D eigenvalue weighted by Crippen LogP contribution is -2.26. The minimum atomic E-state index is -0.272. The number of aromatic nitrogens is 4. The fourth-order valence-electron chi connectivity index (χ4n) is 2.28. The standard InChI is InChI=1S/C16H17N5O3/c1-9-5-14(23-19-9)12-7-17-11(3)18-13(12)8-21(4)16(22)15-6-10(2)20-24-15/h5-7H,8H2,1-4H3. The van der Waals surface area contributed by atoms with Gasteiger partial charge in [-0.1, -0.05) is 10.3 Å². The number of carbonyl (C=O) groups excluding carboxylic acids is 1. The highest BCUT2D eigenvalue weighted by atomic mass is 16.5. The van der Waals surface area contributed by atoms with Crippen molar-refractivity contribution in [3.63, 3.8) is 0 Å². The molecule has 0 bridgehead atoms. The molecule has 124 valence electrons. The molecule has 0 spiro atoms. The van der Waals surface area contributed by atoms with Crippen LogP contribution < -0.4 is 0 Å². The molecule has 3 aromatic heterocycles. The first-order valence-corrected chi connectivity index (χ1v) is 7.39. The summed E-state index contributed by atoms with van der Waals surface area (Å²) in [6.45, 7) is 5.67. The van der Waals surface area contributed by atoms with Crippen molar-refractivity contribution in [1.82, 2.24) is 25.2 Å². The van der Waals surface area contributed by atoms with Gasteiger partial charge in [0.25, 0.3) is 5.91 Å². The van der Waals surface area contributed by atoms with Gasteiger partial charge in [-0.2, -0.15) is 0 Å². The normalized spacial score (nSPS) is 10.8. The highest BCUT2D eigenvalue weighted by Gasteiger charge is 2.20. The molecule has 3 heterocycles. The van der Waals surface area contributed by atoms with Crippen molar-refractivity contribution in [2.45, 2.75) is 27.3 Å². The van der Waals surface area contributed by atoms with Crippen molar-refractivity contribution in [2.75, 3.05) is 7.05 Å². The minimum absolute atomic E-state index is 0.192. The SMILES string of the molecule is Cc1cc(C(=O)N(C)Cc2nc(C)ncc2-c2cc(C)no2)on1. The lowest BCUT2D eigenvalue weighted by molar-refractivity contribution is 0.0742. The zero-order chi connectivity index (χ0) is 17.3. The Labute approximate surface area is 138 Å². The number of amides is 1. The number of aryl methyl sites for hydroxylation is 3. The van der Waals surface area contributed by atoms with Crippen molar-refractivity contribution in [2.24, 2.45) is 0 Å². The molecule has 24 heavy (non-hydrogen) atoms. The Hall–Kier alpha value is -3.03. The summed E-state index contributed by atoms with van der Waals surface area (Å²) in [5, 5.41) is 7.62. The van der Waals surface area contributed by atoms with Gasteiger partial charge >= 0.3 is 0 Å². The third kappa shape index (κ3) is 3.17. The summed E-state index contributed by atoms with van der Waals surface area (Å²) in [6.07, 6.45) is 1.68. The van der Waals surface area contributed by atoms with E-state index >= 15 is 0 Å². The summed E-state index contributed by atoms with van der Waals surface area (Å²) in [4.78, 5) is 22.6. The van der Waals surface area contributed by atoms with E-state index in [1.54, 1.807) is 39.2 Å². The summed E-state index contributed by atoms with van der Waals surface area (Å²) in [5.74, 6) is 1.10. The van der Waals surface area contributed by atoms with Crippen LogP contribution in [0.3, 0.4) is 0 Å². The average molecular weight is 327 g/mol. The average Bonchev–Trinajstić information content (AvgIpc) is 3.15. The predicted octanol–water partition coefficient (Wildman–Crippen LogP) is 2.32. The van der Waals surface area contributed by atoms with Gasteiger partial charge in [0.1, 0.15) is 5.82 Å². The van der Waals surface area contributed by atoms with Crippen molar-refractivity contribution in [1.29, 1.82) is 0 Å². The number of hydrogen-bond acceptors (Lipinski definition) is 7. The van der Waals surface area contributed by atoms with Crippen LogP contribution in [0.25, 0.3) is 11.3 Å². The van der Waals surface area contributed by atoms with Crippen LogP contribution in [0.4, 0.5) is 0 Å². The molecule has 0 saturated carbocycles. The fourth-order valence-corrected chi connectivity index (χ4v) is 2.28. The van der Waals surface area contributed by atoms with E-state index < -0.39 is 0 Å². The molecule has 8 heteroatoms. The smallest absolute Gasteiger partial charge is 0.292 e. The Balaban J connectivity index is 1.89. The zero-order valence-corrected chi connectivity index (χ0v) is 13.9. The van der Waals surface area contributed by atoms with Crippen LogP contribution >= 0.6 is 0 Å². The second kappa shape index (κ2) is 6.23. The molecule has 0 atom stereocenters. The van der Waals surface area contributed by atoms with Crippen LogP contribution in [0, 0.1) is 20.8 Å². The van der Waals surface area contributed by atoms with E-state index in [1.165, 1.54) is 4.90 Å². The summed E-state index contributed by atoms with van der Waals surface area (Å²) < 4.78 is 10.3. The van der Waals surface area contributed by atoms with Crippen LogP contribution in [-0.4, -0.2) is 38.1 Å². The summed E-state index contributed by atoms with van der Waals surface area (Å²) >= 11 is 0. The fraction of sp³-hybridized carbons (Fsp3) is 0.312. The van der Waals surface area contributed by atoms with Gasteiger partial charge in [-0.3, -0.25) is 4.79 Å². The van der Waals surface area contributed by atoms with E-state index in [9.17, 15) is 4.79 Å². The Morgan fingerprint density at radius 3 is 2.46 bits per heavy atom. The van der Waals surface area contributed by atoms with Gasteiger partial charge in [-0.25, -0.2) is 9.97 Å². The topological polar surface area (TPSA) is 98.2 Å². The van der Waals surface area contributed by atoms with Crippen LogP contribution in [-0.2, 0) is 6.54 Å². The first-order chi connectivity index (χ1) is 11.4. The van der Waals surface area contributed by atoms with E-state index in [2.05, 4.69) is 20.3 Å². The van der Waals surface area contributed by atoms with Gasteiger partial charge in [0.05, 0.1) is 29.2 Å². The van der Waals surface area contributed by atoms with Gasteiger partial charge < -0.3 is 13.9 Å². The van der Waals surface area contributed by atoms with Gasteiger partial charge in [-0.05, 0) is 20.8 Å². The van der Waals surface area contributed by atoms with E-state index in [4.69, 9.17) is 9.05 Å². The van der Waals surface area contributed by atoms with E-state index in [1.807, 2.05) is 6.92 Å². The highest BCUT2D eigenvalue weighted by molar-refractivity contribution is 5.91. The maximum atomic E-state index is 12.4. The quantitative estimate of drug-likeness (QED) is 0.725. The Morgan fingerprint density at radius 1 is 1.12 bits per heavy atom. The molecule has 3 rings (SSSR count). The first kappa shape index (κ1) is 15.9. The lowest BCUT2D eigenvalue weighted by Gasteiger charge is -2.16. The van der Waals surface area contributed by atoms with Crippen molar-refractivity contribution >= 4 is 5.91 Å². The third-order valence-corrected chi connectivity index (χ3v) is 3.45. The number of rotatable bonds is 4. The molecule has 0 aliphatic carbocycles. The molecule has 0 unspecified atom stereocenters. The molecule has 3 aromatic rings. The largest absolute Gasteiger partial charge is 0.356 e. The van der Waals surface area contributed by atoms with Gasteiger partial charge in [0.15, 0.2) is 5.76 Å². The molecule has 0 aliphatic heterocycles. The number of nitrogens with zero attached hydrogens (tertiary/aromatic N) is 5. The summed E-state index contributed by atoms with van der Waals surface area (Å²) in [6, 6.07) is 3.41. The lowest BCUT2D eigenvalue weighted by atomic mass is 10.1. The second-order valence-electron chi connectivity index (χ2n) is 5.60. The molecular formula is C16H17N5O3. The van der Waals surface area contributed by atoms with E-state index in [-0.39, 0.29) is 18.2 Å². The number of carbonyl (C=O) groups is 1. The van der Waals surface area contributed by atoms with E-state index in [0.717, 1.165) is 5.69 Å². The van der Waals surface area contributed by atoms with Crippen molar-refractivity contribution in [3.05, 3.63) is 47.0 Å². The van der Waals surface area contributed by atoms with Gasteiger partial charge in [0, 0.05) is 25.4 Å². The van der Waals surface area contributed by atoms with Crippen molar-refractivity contribution < 1.29 is 13.8 Å². The maximum absolute atomic E-state index is 12.4. The summed E-state index contributed by atoms with van der Waals surface area (Å²) in [7, 11) is 1.67. The Bertz CT molecular complexity index is 883. The third-order valence-electron chi connectivity index (χ3n) is 3.45. The first-order valence-electron chi connectivity index (χ1n) is 7.39. The molecule has 1 amide bonds. The van der Waals surface area contributed by atoms with E-state index in [0.29, 0.717) is 28.5 Å². The second-order valence-corrected chi connectivity index (χ2v) is 5.60. The van der Waals surface area contributed by atoms with Gasteiger partial charge in [0.2, 0.25) is 5.76 Å². The molecule has 0 N–H and O–H groups in total. The van der Waals surface area contributed by atoms with Crippen LogP contribution in [0.5, 0.6) is 0 Å². The van der Waals surface area contributed by atoms with Crippen molar-refractivity contribution in [3.8, 4) is 11.3 Å². The molecule has 0 saturated heterocycles. The van der Waals surface area contributed by atoms with Crippen LogP contribution in [0.1, 0.15) is 33.5 Å². The molecular weight excluding hydrogens is 310 g/mol. The van der Waals surface area contributed by atoms with Gasteiger partial charge in [-0.15, -0.1) is 0 Å². The monoisotopic (exact) mass is 327 g/mol. The Kier molecular flexibility index (Phi) is 4.11. The van der Waals surface area contributed by atoms with Crippen LogP contribution in [0.15, 0.2) is 27.4 Å². The summed E-state index contributed by atoms with van der Waals surface area (Å²) in [5.41, 5.74) is 2.79. The number of hydrogen-bond donors (Lipinski definition) is 0. The predicted molar refractivity (Wildman–Crippen MR) is 84.0 cm³/mol. The molecule has 0 aliphatic rings.